The average molecular weight is 218 g/mol. The number of rotatable bonds is 2. The number of carbonyl (C=O) groups is 3. The van der Waals surface area contributed by atoms with Gasteiger partial charge in [-0.2, -0.15) is 0 Å². The Kier molecular flexibility index (Phi) is 3.41. The highest BCUT2D eigenvalue weighted by Gasteiger charge is 2.05. The van der Waals surface area contributed by atoms with Gasteiger partial charge in [-0.05, 0) is 18.2 Å². The predicted octanol–water partition coefficient (Wildman–Crippen LogP) is 0.633. The minimum atomic E-state index is -1.33. The summed E-state index contributed by atoms with van der Waals surface area (Å²) in [7, 11) is 0. The van der Waals surface area contributed by atoms with Crippen LogP contribution in [0.2, 0.25) is 0 Å². The van der Waals surface area contributed by atoms with Crippen molar-refractivity contribution in [3.05, 3.63) is 34.9 Å². The van der Waals surface area contributed by atoms with Crippen LogP contribution in [0.4, 0.5) is 0 Å². The van der Waals surface area contributed by atoms with E-state index in [1.54, 1.807) is 0 Å². The van der Waals surface area contributed by atoms with Crippen LogP contribution in [-0.4, -0.2) is 28.4 Å². The molecule has 0 radical (unpaired) electrons. The normalized spacial score (nSPS) is 8.75. The van der Waals surface area contributed by atoms with E-state index in [-0.39, 0.29) is 16.7 Å². The van der Waals surface area contributed by atoms with Crippen molar-refractivity contribution in [1.82, 2.24) is 0 Å². The van der Waals surface area contributed by atoms with E-state index in [9.17, 15) is 14.4 Å². The van der Waals surface area contributed by atoms with Crippen LogP contribution in [-0.2, 0) is 4.79 Å². The van der Waals surface area contributed by atoms with E-state index in [1.165, 1.54) is 18.2 Å². The summed E-state index contributed by atoms with van der Waals surface area (Å²) in [6.07, 6.45) is 0.471. The predicted molar refractivity (Wildman–Crippen MR) is 53.3 cm³/mol. The van der Waals surface area contributed by atoms with Crippen LogP contribution in [0.15, 0.2) is 18.2 Å². The summed E-state index contributed by atoms with van der Waals surface area (Å²) in [5, 5.41) is 17.0. The Bertz CT molecular complexity index is 519. The lowest BCUT2D eigenvalue weighted by molar-refractivity contribution is -0.130. The molecule has 5 nitrogen and oxygen atoms in total. The van der Waals surface area contributed by atoms with Crippen molar-refractivity contribution in [3.8, 4) is 11.8 Å². The maximum absolute atomic E-state index is 10.7. The van der Waals surface area contributed by atoms with E-state index in [0.29, 0.717) is 6.29 Å². The van der Waals surface area contributed by atoms with Crippen molar-refractivity contribution in [1.29, 1.82) is 0 Å². The lowest BCUT2D eigenvalue weighted by Gasteiger charge is -1.97. The molecule has 0 heterocycles. The molecule has 0 saturated heterocycles. The van der Waals surface area contributed by atoms with E-state index in [0.717, 1.165) is 0 Å². The van der Waals surface area contributed by atoms with Crippen LogP contribution in [0.5, 0.6) is 0 Å². The number of carboxylic acid groups (broad SMARTS) is 2. The molecule has 1 aromatic rings. The Labute approximate surface area is 90.3 Å². The molecule has 0 aromatic heterocycles. The second kappa shape index (κ2) is 4.75. The molecule has 1 rings (SSSR count). The SMILES string of the molecule is O=Cc1cc(C#CC(=O)O)cc(C(=O)O)c1. The fourth-order valence-electron chi connectivity index (χ4n) is 1.04. The van der Waals surface area contributed by atoms with Crippen LogP contribution >= 0.6 is 0 Å². The summed E-state index contributed by atoms with van der Waals surface area (Å²) in [4.78, 5) is 31.4. The molecule has 0 atom stereocenters. The third-order valence-electron chi connectivity index (χ3n) is 1.65. The Morgan fingerprint density at radius 1 is 1.19 bits per heavy atom. The molecule has 0 amide bonds. The smallest absolute Gasteiger partial charge is 0.382 e. The molecule has 16 heavy (non-hydrogen) atoms. The first-order chi connectivity index (χ1) is 7.52. The molecule has 1 aromatic carbocycles. The number of hydrogen-bond acceptors (Lipinski definition) is 3. The van der Waals surface area contributed by atoms with Gasteiger partial charge in [0.1, 0.15) is 6.29 Å². The van der Waals surface area contributed by atoms with Gasteiger partial charge >= 0.3 is 11.9 Å². The summed E-state index contributed by atoms with van der Waals surface area (Å²) in [5.41, 5.74) is 0.193. The molecule has 2 N–H and O–H groups in total. The largest absolute Gasteiger partial charge is 0.478 e. The number of carbonyl (C=O) groups excluding carboxylic acids is 1. The lowest BCUT2D eigenvalue weighted by Crippen LogP contribution is -1.98. The average Bonchev–Trinajstić information content (AvgIpc) is 2.25. The van der Waals surface area contributed by atoms with Gasteiger partial charge in [0.15, 0.2) is 0 Å². The highest BCUT2D eigenvalue weighted by molar-refractivity contribution is 5.91. The van der Waals surface area contributed by atoms with Crippen molar-refractivity contribution in [2.75, 3.05) is 0 Å². The summed E-state index contributed by atoms with van der Waals surface area (Å²) >= 11 is 0. The molecule has 0 unspecified atom stereocenters. The van der Waals surface area contributed by atoms with Crippen LogP contribution in [0.25, 0.3) is 0 Å². The van der Waals surface area contributed by atoms with Gasteiger partial charge in [-0.1, -0.05) is 5.92 Å². The molecule has 0 aliphatic carbocycles. The number of aldehydes is 1. The topological polar surface area (TPSA) is 91.7 Å². The fraction of sp³-hybridized carbons (Fsp3) is 0. The Hall–Kier alpha value is -2.61. The third-order valence-corrected chi connectivity index (χ3v) is 1.65. The highest BCUT2D eigenvalue weighted by Crippen LogP contribution is 2.08. The van der Waals surface area contributed by atoms with Crippen molar-refractivity contribution >= 4 is 18.2 Å². The van der Waals surface area contributed by atoms with Crippen LogP contribution in [0.1, 0.15) is 26.3 Å². The van der Waals surface area contributed by atoms with E-state index >= 15 is 0 Å². The van der Waals surface area contributed by atoms with Gasteiger partial charge in [-0.25, -0.2) is 9.59 Å². The van der Waals surface area contributed by atoms with Gasteiger partial charge in [0, 0.05) is 17.0 Å². The highest BCUT2D eigenvalue weighted by atomic mass is 16.4. The minimum Gasteiger partial charge on any atom is -0.478 e. The van der Waals surface area contributed by atoms with E-state index in [4.69, 9.17) is 10.2 Å². The van der Waals surface area contributed by atoms with Gasteiger partial charge in [0.05, 0.1) is 5.56 Å². The molecule has 80 valence electrons. The zero-order chi connectivity index (χ0) is 12.1. The van der Waals surface area contributed by atoms with Crippen LogP contribution in [0, 0.1) is 11.8 Å². The zero-order valence-corrected chi connectivity index (χ0v) is 7.93. The van der Waals surface area contributed by atoms with E-state index in [2.05, 4.69) is 5.92 Å². The van der Waals surface area contributed by atoms with Gasteiger partial charge < -0.3 is 10.2 Å². The zero-order valence-electron chi connectivity index (χ0n) is 7.93. The van der Waals surface area contributed by atoms with Crippen molar-refractivity contribution in [2.45, 2.75) is 0 Å². The second-order valence-corrected chi connectivity index (χ2v) is 2.82. The molecule has 0 spiro atoms. The Morgan fingerprint density at radius 3 is 2.38 bits per heavy atom. The molecular weight excluding hydrogens is 212 g/mol. The number of benzene rings is 1. The molecule has 0 fully saturated rings. The molecule has 0 bridgehead atoms. The maximum atomic E-state index is 10.7. The number of carboxylic acids is 2. The first kappa shape index (κ1) is 11.5. The Morgan fingerprint density at radius 2 is 1.88 bits per heavy atom. The quantitative estimate of drug-likeness (QED) is 0.561. The fourth-order valence-corrected chi connectivity index (χ4v) is 1.04. The minimum absolute atomic E-state index is 0.112. The monoisotopic (exact) mass is 218 g/mol. The first-order valence-electron chi connectivity index (χ1n) is 4.11. The molecule has 0 aliphatic rings. The van der Waals surface area contributed by atoms with Crippen LogP contribution < -0.4 is 0 Å². The number of aromatic carboxylic acids is 1. The van der Waals surface area contributed by atoms with E-state index < -0.39 is 11.9 Å². The van der Waals surface area contributed by atoms with Crippen molar-refractivity contribution in [2.24, 2.45) is 0 Å². The number of aliphatic carboxylic acids is 1. The summed E-state index contributed by atoms with van der Waals surface area (Å²) < 4.78 is 0. The maximum Gasteiger partial charge on any atom is 0.382 e. The second-order valence-electron chi connectivity index (χ2n) is 2.82. The van der Waals surface area contributed by atoms with Gasteiger partial charge in [-0.3, -0.25) is 4.79 Å². The summed E-state index contributed by atoms with van der Waals surface area (Å²) in [6.45, 7) is 0. The molecular formula is C11H6O5. The van der Waals surface area contributed by atoms with Crippen molar-refractivity contribution in [3.63, 3.8) is 0 Å². The standard InChI is InChI=1S/C11H6O5/c12-6-8-3-7(1-2-10(13)14)4-9(5-8)11(15)16/h3-6H,(H,13,14)(H,15,16). The van der Waals surface area contributed by atoms with Gasteiger partial charge in [0.2, 0.25) is 0 Å². The molecule has 5 heteroatoms. The molecule has 0 aliphatic heterocycles. The van der Waals surface area contributed by atoms with Gasteiger partial charge in [0.25, 0.3) is 0 Å². The van der Waals surface area contributed by atoms with Crippen molar-refractivity contribution < 1.29 is 24.6 Å². The summed E-state index contributed by atoms with van der Waals surface area (Å²) in [6, 6.07) is 3.70. The lowest BCUT2D eigenvalue weighted by atomic mass is 10.1. The van der Waals surface area contributed by atoms with Gasteiger partial charge in [-0.15, -0.1) is 0 Å². The van der Waals surface area contributed by atoms with Crippen LogP contribution in [0.3, 0.4) is 0 Å². The number of hydrogen-bond donors (Lipinski definition) is 2. The molecule has 0 saturated carbocycles. The first-order valence-corrected chi connectivity index (χ1v) is 4.11. The Balaban J connectivity index is 3.26. The van der Waals surface area contributed by atoms with E-state index in [1.807, 2.05) is 5.92 Å². The third kappa shape index (κ3) is 2.96. The summed E-state index contributed by atoms with van der Waals surface area (Å²) in [5.74, 6) is 1.55.